The van der Waals surface area contributed by atoms with Crippen molar-refractivity contribution in [1.29, 1.82) is 0 Å². The van der Waals surface area contributed by atoms with Crippen molar-refractivity contribution in [2.75, 3.05) is 16.9 Å². The molecule has 0 unspecified atom stereocenters. The lowest BCUT2D eigenvalue weighted by molar-refractivity contribution is -0.113. The number of carbonyl (C=O) groups is 1. The number of benzene rings is 2. The monoisotopic (exact) mass is 377 g/mol. The fourth-order valence-corrected chi connectivity index (χ4v) is 2.90. The van der Waals surface area contributed by atoms with Crippen LogP contribution in [0.4, 0.5) is 10.1 Å². The Labute approximate surface area is 152 Å². The molecule has 1 heterocycles. The van der Waals surface area contributed by atoms with Crippen LogP contribution in [0.1, 0.15) is 0 Å². The summed E-state index contributed by atoms with van der Waals surface area (Å²) in [6.07, 6.45) is 0. The van der Waals surface area contributed by atoms with Gasteiger partial charge in [-0.25, -0.2) is 9.07 Å². The first-order valence-corrected chi connectivity index (χ1v) is 8.54. The Hall–Kier alpha value is -2.58. The van der Waals surface area contributed by atoms with E-state index in [-0.39, 0.29) is 16.7 Å². The van der Waals surface area contributed by atoms with E-state index in [2.05, 4.69) is 15.5 Å². The van der Waals surface area contributed by atoms with E-state index < -0.39 is 5.82 Å². The molecule has 25 heavy (non-hydrogen) atoms. The van der Waals surface area contributed by atoms with Crippen LogP contribution in [-0.4, -0.2) is 26.5 Å². The van der Waals surface area contributed by atoms with Crippen molar-refractivity contribution in [3.8, 4) is 11.4 Å². The molecule has 3 N–H and O–H groups in total. The zero-order valence-corrected chi connectivity index (χ0v) is 14.4. The molecule has 2 aromatic carbocycles. The van der Waals surface area contributed by atoms with E-state index >= 15 is 0 Å². The summed E-state index contributed by atoms with van der Waals surface area (Å²) in [4.78, 5) is 12.0. The lowest BCUT2D eigenvalue weighted by Crippen LogP contribution is -2.16. The van der Waals surface area contributed by atoms with Crippen molar-refractivity contribution in [2.24, 2.45) is 0 Å². The van der Waals surface area contributed by atoms with Crippen LogP contribution in [0, 0.1) is 5.82 Å². The summed E-state index contributed by atoms with van der Waals surface area (Å²) in [5.74, 6) is 5.73. The highest BCUT2D eigenvalue weighted by atomic mass is 35.5. The minimum absolute atomic E-state index is 0.0559. The highest BCUT2D eigenvalue weighted by Gasteiger charge is 2.14. The first-order valence-electron chi connectivity index (χ1n) is 7.18. The molecule has 3 aromatic rings. The average molecular weight is 378 g/mol. The summed E-state index contributed by atoms with van der Waals surface area (Å²) in [6.45, 7) is 0. The number of hydrogen-bond donors (Lipinski definition) is 2. The van der Waals surface area contributed by atoms with E-state index in [4.69, 9.17) is 17.4 Å². The van der Waals surface area contributed by atoms with Gasteiger partial charge in [0.15, 0.2) is 5.82 Å². The summed E-state index contributed by atoms with van der Waals surface area (Å²) >= 11 is 6.82. The minimum atomic E-state index is -0.543. The number of aromatic nitrogens is 3. The van der Waals surface area contributed by atoms with Crippen molar-refractivity contribution in [3.05, 3.63) is 59.4 Å². The van der Waals surface area contributed by atoms with Crippen molar-refractivity contribution in [1.82, 2.24) is 14.9 Å². The highest BCUT2D eigenvalue weighted by molar-refractivity contribution is 7.99. The molecule has 0 fully saturated rings. The predicted molar refractivity (Wildman–Crippen MR) is 96.4 cm³/mol. The Kier molecular flexibility index (Phi) is 5.20. The molecule has 9 heteroatoms. The number of nitrogens with zero attached hydrogens (tertiary/aromatic N) is 3. The van der Waals surface area contributed by atoms with E-state index in [0.29, 0.717) is 16.7 Å². The van der Waals surface area contributed by atoms with Gasteiger partial charge in [0.05, 0.1) is 10.8 Å². The van der Waals surface area contributed by atoms with E-state index in [1.807, 2.05) is 30.3 Å². The van der Waals surface area contributed by atoms with E-state index in [1.54, 1.807) is 0 Å². The first kappa shape index (κ1) is 17.2. The second-order valence-electron chi connectivity index (χ2n) is 5.01. The van der Waals surface area contributed by atoms with Crippen molar-refractivity contribution >= 4 is 35.0 Å². The summed E-state index contributed by atoms with van der Waals surface area (Å²) in [5.41, 5.74) is 1.24. The Morgan fingerprint density at radius 1 is 1.24 bits per heavy atom. The molecule has 0 radical (unpaired) electrons. The lowest BCUT2D eigenvalue weighted by atomic mass is 10.2. The van der Waals surface area contributed by atoms with Crippen molar-refractivity contribution < 1.29 is 9.18 Å². The second-order valence-corrected chi connectivity index (χ2v) is 6.36. The van der Waals surface area contributed by atoms with Gasteiger partial charge >= 0.3 is 0 Å². The maximum atomic E-state index is 13.1. The van der Waals surface area contributed by atoms with Crippen LogP contribution in [0.2, 0.25) is 5.02 Å². The second kappa shape index (κ2) is 7.54. The number of nitrogen functional groups attached to an aromatic ring is 1. The molecule has 3 rings (SSSR count). The summed E-state index contributed by atoms with van der Waals surface area (Å²) in [7, 11) is 0. The fourth-order valence-electron chi connectivity index (χ4n) is 2.06. The molecular weight excluding hydrogens is 365 g/mol. The zero-order valence-electron chi connectivity index (χ0n) is 12.8. The van der Waals surface area contributed by atoms with E-state index in [1.165, 1.54) is 22.9 Å². The molecule has 0 aliphatic heterocycles. The molecule has 0 bridgehead atoms. The van der Waals surface area contributed by atoms with Crippen LogP contribution in [0.5, 0.6) is 0 Å². The standard InChI is InChI=1S/C16H13ClFN5OS/c17-12-8-11(6-7-13(12)18)20-14(24)9-25-16-22-21-15(23(16)19)10-4-2-1-3-5-10/h1-8H,9,19H2,(H,20,24). The fraction of sp³-hybridized carbons (Fsp3) is 0.0625. The molecule has 128 valence electrons. The highest BCUT2D eigenvalue weighted by Crippen LogP contribution is 2.22. The molecule has 0 saturated carbocycles. The number of thioether (sulfide) groups is 1. The van der Waals surface area contributed by atoms with Gasteiger partial charge in [-0.3, -0.25) is 4.79 Å². The SMILES string of the molecule is Nn1c(SCC(=O)Nc2ccc(F)c(Cl)c2)nnc1-c1ccccc1. The van der Waals surface area contributed by atoms with Gasteiger partial charge in [0.1, 0.15) is 5.82 Å². The number of hydrogen-bond acceptors (Lipinski definition) is 5. The summed E-state index contributed by atoms with van der Waals surface area (Å²) in [5, 5.41) is 11.0. The van der Waals surface area contributed by atoms with Crippen LogP contribution >= 0.6 is 23.4 Å². The van der Waals surface area contributed by atoms with Crippen LogP contribution in [-0.2, 0) is 4.79 Å². The molecular formula is C16H13ClFN5OS. The van der Waals surface area contributed by atoms with Crippen molar-refractivity contribution in [3.63, 3.8) is 0 Å². The van der Waals surface area contributed by atoms with Crippen LogP contribution in [0.3, 0.4) is 0 Å². The quantitative estimate of drug-likeness (QED) is 0.527. The zero-order chi connectivity index (χ0) is 17.8. The van der Waals surface area contributed by atoms with Gasteiger partial charge in [0, 0.05) is 11.3 Å². The molecule has 0 spiro atoms. The van der Waals surface area contributed by atoms with Gasteiger partial charge in [-0.15, -0.1) is 10.2 Å². The predicted octanol–water partition coefficient (Wildman–Crippen LogP) is 3.18. The smallest absolute Gasteiger partial charge is 0.234 e. The molecule has 0 saturated heterocycles. The number of halogens is 2. The number of nitrogens with two attached hydrogens (primary N) is 1. The number of rotatable bonds is 5. The molecule has 0 aliphatic carbocycles. The van der Waals surface area contributed by atoms with E-state index in [0.717, 1.165) is 17.3 Å². The van der Waals surface area contributed by atoms with Crippen LogP contribution in [0.15, 0.2) is 53.7 Å². The van der Waals surface area contributed by atoms with Gasteiger partial charge in [-0.1, -0.05) is 53.7 Å². The van der Waals surface area contributed by atoms with Gasteiger partial charge in [0.2, 0.25) is 11.1 Å². The Morgan fingerprint density at radius 2 is 2.00 bits per heavy atom. The normalized spacial score (nSPS) is 10.6. The Morgan fingerprint density at radius 3 is 2.72 bits per heavy atom. The third-order valence-electron chi connectivity index (χ3n) is 3.23. The Balaban J connectivity index is 1.63. The van der Waals surface area contributed by atoms with Gasteiger partial charge in [0.25, 0.3) is 0 Å². The molecule has 6 nitrogen and oxygen atoms in total. The Bertz CT molecular complexity index is 903. The van der Waals surface area contributed by atoms with Gasteiger partial charge in [-0.05, 0) is 18.2 Å². The maximum Gasteiger partial charge on any atom is 0.234 e. The lowest BCUT2D eigenvalue weighted by Gasteiger charge is -2.06. The molecule has 0 aliphatic rings. The van der Waals surface area contributed by atoms with Crippen LogP contribution in [0.25, 0.3) is 11.4 Å². The number of nitrogens with one attached hydrogen (secondary N) is 1. The van der Waals surface area contributed by atoms with Crippen molar-refractivity contribution in [2.45, 2.75) is 5.16 Å². The summed E-state index contributed by atoms with van der Waals surface area (Å²) < 4.78 is 14.4. The molecule has 1 aromatic heterocycles. The van der Waals surface area contributed by atoms with E-state index in [9.17, 15) is 9.18 Å². The largest absolute Gasteiger partial charge is 0.335 e. The third-order valence-corrected chi connectivity index (χ3v) is 4.46. The van der Waals surface area contributed by atoms with Crippen LogP contribution < -0.4 is 11.2 Å². The summed E-state index contributed by atoms with van der Waals surface area (Å²) in [6, 6.07) is 13.3. The first-order chi connectivity index (χ1) is 12.0. The topological polar surface area (TPSA) is 85.8 Å². The average Bonchev–Trinajstić information content (AvgIpc) is 2.98. The molecule has 1 amide bonds. The number of carbonyl (C=O) groups excluding carboxylic acids is 1. The minimum Gasteiger partial charge on any atom is -0.335 e. The van der Waals surface area contributed by atoms with Gasteiger partial charge < -0.3 is 11.2 Å². The van der Waals surface area contributed by atoms with Gasteiger partial charge in [-0.2, -0.15) is 0 Å². The maximum absolute atomic E-state index is 13.1. The number of anilines is 1. The third kappa shape index (κ3) is 4.09. The molecule has 0 atom stereocenters. The number of amides is 1.